The van der Waals surface area contributed by atoms with Gasteiger partial charge in [-0.25, -0.2) is 4.79 Å². The Balaban J connectivity index is 1.81. The summed E-state index contributed by atoms with van der Waals surface area (Å²) in [6.45, 7) is 11.8. The fraction of sp³-hybridized carbons (Fsp3) is 0.762. The fourth-order valence-corrected chi connectivity index (χ4v) is 5.77. The first-order valence-electron chi connectivity index (χ1n) is 9.38. The molecule has 1 unspecified atom stereocenters. The summed E-state index contributed by atoms with van der Waals surface area (Å²) in [7, 11) is 1.58. The Labute approximate surface area is 146 Å². The minimum Gasteiger partial charge on any atom is -0.432 e. The highest BCUT2D eigenvalue weighted by Crippen LogP contribution is 2.61. The van der Waals surface area contributed by atoms with Crippen LogP contribution in [0.2, 0.25) is 0 Å². The first kappa shape index (κ1) is 17.7. The van der Waals surface area contributed by atoms with Crippen LogP contribution < -0.4 is 0 Å². The van der Waals surface area contributed by atoms with Crippen molar-refractivity contribution in [2.45, 2.75) is 72.0 Å². The van der Waals surface area contributed by atoms with E-state index in [9.17, 15) is 4.79 Å². The molecule has 0 spiro atoms. The average molecular weight is 332 g/mol. The van der Waals surface area contributed by atoms with Gasteiger partial charge in [0.2, 0.25) is 6.29 Å². The Kier molecular flexibility index (Phi) is 4.67. The van der Waals surface area contributed by atoms with E-state index in [1.807, 2.05) is 0 Å². The Hall–Kier alpha value is -1.09. The number of cyclic esters (lactones) is 1. The molecule has 3 heteroatoms. The number of hydrogen-bond acceptors (Lipinski definition) is 3. The lowest BCUT2D eigenvalue weighted by atomic mass is 9.47. The lowest BCUT2D eigenvalue weighted by Crippen LogP contribution is -2.49. The largest absolute Gasteiger partial charge is 0.432 e. The van der Waals surface area contributed by atoms with Gasteiger partial charge in [0.05, 0.1) is 0 Å². The number of allylic oxidation sites excluding steroid dienone is 2. The van der Waals surface area contributed by atoms with Crippen molar-refractivity contribution in [3.63, 3.8) is 0 Å². The van der Waals surface area contributed by atoms with Gasteiger partial charge in [0.1, 0.15) is 0 Å². The summed E-state index contributed by atoms with van der Waals surface area (Å²) in [5.74, 6) is 1.00. The maximum atomic E-state index is 12.0. The minimum absolute atomic E-state index is 0.214. The monoisotopic (exact) mass is 332 g/mol. The highest BCUT2D eigenvalue weighted by Gasteiger charge is 2.52. The van der Waals surface area contributed by atoms with Crippen molar-refractivity contribution in [2.24, 2.45) is 22.7 Å². The molecule has 4 atom stereocenters. The van der Waals surface area contributed by atoms with E-state index in [1.165, 1.54) is 31.3 Å². The van der Waals surface area contributed by atoms with Gasteiger partial charge < -0.3 is 9.47 Å². The van der Waals surface area contributed by atoms with Gasteiger partial charge in [-0.15, -0.1) is 0 Å². The fourth-order valence-electron chi connectivity index (χ4n) is 5.77. The van der Waals surface area contributed by atoms with Gasteiger partial charge >= 0.3 is 5.97 Å². The van der Waals surface area contributed by atoms with Gasteiger partial charge in [0.15, 0.2) is 0 Å². The molecular weight excluding hydrogens is 300 g/mol. The van der Waals surface area contributed by atoms with E-state index >= 15 is 0 Å². The van der Waals surface area contributed by atoms with E-state index in [-0.39, 0.29) is 5.97 Å². The van der Waals surface area contributed by atoms with Crippen LogP contribution in [-0.4, -0.2) is 19.4 Å². The van der Waals surface area contributed by atoms with Gasteiger partial charge in [-0.3, -0.25) is 0 Å². The Morgan fingerprint density at radius 3 is 2.75 bits per heavy atom. The Bertz CT molecular complexity index is 559. The normalized spacial score (nSPS) is 40.5. The smallest absolute Gasteiger partial charge is 0.336 e. The third-order valence-corrected chi connectivity index (χ3v) is 7.07. The summed E-state index contributed by atoms with van der Waals surface area (Å²) >= 11 is 0. The Morgan fingerprint density at radius 2 is 2.08 bits per heavy atom. The van der Waals surface area contributed by atoms with Crippen LogP contribution in [0.3, 0.4) is 0 Å². The molecule has 1 aliphatic heterocycles. The molecule has 0 amide bonds. The second-order valence-corrected chi connectivity index (χ2v) is 8.89. The molecule has 2 aliphatic carbocycles. The highest BCUT2D eigenvalue weighted by molar-refractivity contribution is 5.90. The van der Waals surface area contributed by atoms with Crippen LogP contribution in [0.15, 0.2) is 23.8 Å². The van der Waals surface area contributed by atoms with Crippen LogP contribution in [0.4, 0.5) is 0 Å². The summed E-state index contributed by atoms with van der Waals surface area (Å²) in [6.07, 6.45) is 9.47. The van der Waals surface area contributed by atoms with E-state index in [0.29, 0.717) is 23.2 Å². The Morgan fingerprint density at radius 1 is 1.33 bits per heavy atom. The predicted octanol–water partition coefficient (Wildman–Crippen LogP) is 5.02. The molecule has 3 fully saturated rings. The molecule has 0 aromatic carbocycles. The summed E-state index contributed by atoms with van der Waals surface area (Å²) in [6, 6.07) is 0. The van der Waals surface area contributed by atoms with Crippen molar-refractivity contribution in [1.29, 1.82) is 0 Å². The van der Waals surface area contributed by atoms with Gasteiger partial charge in [-0.05, 0) is 54.8 Å². The van der Waals surface area contributed by atoms with Gasteiger partial charge in [0.25, 0.3) is 0 Å². The van der Waals surface area contributed by atoms with Crippen molar-refractivity contribution >= 4 is 5.97 Å². The zero-order chi connectivity index (χ0) is 17.5. The number of carbonyl (C=O) groups excluding carboxylic acids is 1. The number of hydrogen-bond donors (Lipinski definition) is 0. The average Bonchev–Trinajstić information content (AvgIpc) is 2.86. The van der Waals surface area contributed by atoms with Gasteiger partial charge in [0, 0.05) is 19.1 Å². The second-order valence-electron chi connectivity index (χ2n) is 8.89. The minimum atomic E-state index is -0.407. The molecule has 1 heterocycles. The van der Waals surface area contributed by atoms with E-state index < -0.39 is 6.29 Å². The van der Waals surface area contributed by atoms with E-state index in [4.69, 9.17) is 9.47 Å². The molecule has 0 bridgehead atoms. The standard InChI is InChI=1S/C21H32O3/c1-14-7-10-17-20(2,3)11-6-12-21(17,4)16(14)9-8-15-13-18(23-5)24-19(15)22/h8,16-18H,1,6-7,9-13H2,2-5H3/t16-,17-,18?,21-/m1/s1. The SMILES string of the molecule is C=C1CC[C@@H]2C(C)(C)CCC[C@]2(C)[C@@H]1CC=C1CC(OC)OC1=O. The van der Waals surface area contributed by atoms with Crippen LogP contribution in [0.25, 0.3) is 0 Å². The van der Waals surface area contributed by atoms with Crippen LogP contribution in [0.1, 0.15) is 65.7 Å². The van der Waals surface area contributed by atoms with Crippen LogP contribution in [0, 0.1) is 22.7 Å². The van der Waals surface area contributed by atoms with Gasteiger partial charge in [-0.1, -0.05) is 45.4 Å². The lowest BCUT2D eigenvalue weighted by molar-refractivity contribution is -0.156. The number of carbonyl (C=O) groups is 1. The van der Waals surface area contributed by atoms with E-state index in [2.05, 4.69) is 33.4 Å². The molecule has 0 N–H and O–H groups in total. The third kappa shape index (κ3) is 2.96. The molecule has 24 heavy (non-hydrogen) atoms. The maximum Gasteiger partial charge on any atom is 0.336 e. The number of ether oxygens (including phenoxy) is 2. The number of methoxy groups -OCH3 is 1. The topological polar surface area (TPSA) is 35.5 Å². The third-order valence-electron chi connectivity index (χ3n) is 7.07. The molecule has 134 valence electrons. The summed E-state index contributed by atoms with van der Waals surface area (Å²) < 4.78 is 10.4. The molecule has 3 nitrogen and oxygen atoms in total. The van der Waals surface area contributed by atoms with Crippen LogP contribution in [0.5, 0.6) is 0 Å². The molecule has 1 saturated heterocycles. The molecule has 0 radical (unpaired) electrons. The first-order valence-corrected chi connectivity index (χ1v) is 9.38. The lowest BCUT2D eigenvalue weighted by Gasteiger charge is -2.58. The number of esters is 1. The highest BCUT2D eigenvalue weighted by atomic mass is 16.7. The van der Waals surface area contributed by atoms with Crippen molar-refractivity contribution in [3.8, 4) is 0 Å². The molecule has 3 aliphatic rings. The van der Waals surface area contributed by atoms with Gasteiger partial charge in [-0.2, -0.15) is 0 Å². The van der Waals surface area contributed by atoms with Crippen molar-refractivity contribution < 1.29 is 14.3 Å². The molecular formula is C21H32O3. The number of fused-ring (bicyclic) bond motifs is 1. The van der Waals surface area contributed by atoms with Crippen molar-refractivity contribution in [2.75, 3.05) is 7.11 Å². The van der Waals surface area contributed by atoms with Crippen LogP contribution >= 0.6 is 0 Å². The molecule has 0 aromatic heterocycles. The molecule has 3 rings (SSSR count). The quantitative estimate of drug-likeness (QED) is 0.413. The first-order chi connectivity index (χ1) is 11.3. The maximum absolute atomic E-state index is 12.0. The van der Waals surface area contributed by atoms with Crippen molar-refractivity contribution in [1.82, 2.24) is 0 Å². The summed E-state index contributed by atoms with van der Waals surface area (Å²) in [5, 5.41) is 0. The summed E-state index contributed by atoms with van der Waals surface area (Å²) in [4.78, 5) is 12.0. The zero-order valence-electron chi connectivity index (χ0n) is 15.7. The summed E-state index contributed by atoms with van der Waals surface area (Å²) in [5.41, 5.74) is 2.86. The van der Waals surface area contributed by atoms with Crippen molar-refractivity contribution in [3.05, 3.63) is 23.8 Å². The second kappa shape index (κ2) is 6.33. The number of rotatable bonds is 3. The zero-order valence-corrected chi connectivity index (χ0v) is 15.7. The molecule has 2 saturated carbocycles. The van der Waals surface area contributed by atoms with E-state index in [0.717, 1.165) is 24.3 Å². The van der Waals surface area contributed by atoms with E-state index in [1.54, 1.807) is 7.11 Å². The van der Waals surface area contributed by atoms with Crippen LogP contribution in [-0.2, 0) is 14.3 Å². The predicted molar refractivity (Wildman–Crippen MR) is 95.3 cm³/mol. The molecule has 0 aromatic rings.